The molecule has 14 N–H and O–H groups in total. The molecule has 19 nitrogen and oxygen atoms in total. The van der Waals surface area contributed by atoms with Gasteiger partial charge in [-0.15, -0.1) is 0 Å². The Morgan fingerprint density at radius 1 is 0.571 bits per heavy atom. The molecule has 0 bridgehead atoms. The van der Waals surface area contributed by atoms with Crippen LogP contribution in [0, 0.1) is 0 Å². The summed E-state index contributed by atoms with van der Waals surface area (Å²) in [6.07, 6.45) is -3.27. The lowest BCUT2D eigenvalue weighted by Gasteiger charge is -2.37. The van der Waals surface area contributed by atoms with E-state index in [0.29, 0.717) is 22.3 Å². The molecule has 2 aliphatic rings. The van der Waals surface area contributed by atoms with Crippen LogP contribution in [0.2, 0.25) is 0 Å². The first kappa shape index (κ1) is 43.7. The predicted molar refractivity (Wildman–Crippen MR) is 230 cm³/mol. The van der Waals surface area contributed by atoms with Crippen molar-refractivity contribution in [3.05, 3.63) is 144 Å². The number of para-hydroxylation sites is 2. The second-order valence-electron chi connectivity index (χ2n) is 14.5. The fourth-order valence-electron chi connectivity index (χ4n) is 7.15. The molecule has 0 aliphatic carbocycles. The van der Waals surface area contributed by atoms with Crippen molar-refractivity contribution < 1.29 is 42.9 Å². The second-order valence-corrected chi connectivity index (χ2v) is 14.5. The Morgan fingerprint density at radius 3 is 1.48 bits per heavy atom. The normalized spacial score (nSPS) is 15.5. The number of hydrogen-bond acceptors (Lipinski definition) is 15. The van der Waals surface area contributed by atoms with Gasteiger partial charge in [0.1, 0.15) is 47.7 Å². The first-order valence-electron chi connectivity index (χ1n) is 19.9. The maximum atomic E-state index is 13.8. The number of esters is 1. The number of fused-ring (bicyclic) bond motifs is 6. The Kier molecular flexibility index (Phi) is 13.6. The molecule has 7 rings (SSSR count). The van der Waals surface area contributed by atoms with Crippen molar-refractivity contribution in [3.63, 3.8) is 0 Å². The number of amides is 4. The van der Waals surface area contributed by atoms with Crippen LogP contribution in [0.25, 0.3) is 0 Å². The van der Waals surface area contributed by atoms with E-state index in [-0.39, 0.29) is 60.3 Å². The molecule has 1 spiro atoms. The summed E-state index contributed by atoms with van der Waals surface area (Å²) in [6, 6.07) is 31.1. The fourth-order valence-corrected chi connectivity index (χ4v) is 7.15. The van der Waals surface area contributed by atoms with E-state index in [4.69, 9.17) is 41.9 Å². The number of nitrogens with two attached hydrogens (primary N) is 4. The molecule has 0 saturated heterocycles. The Hall–Kier alpha value is -7.39. The molecule has 0 aromatic heterocycles. The van der Waals surface area contributed by atoms with Crippen LogP contribution in [0.4, 0.5) is 21.0 Å². The van der Waals surface area contributed by atoms with Crippen LogP contribution < -0.4 is 69.0 Å². The smallest absolute Gasteiger partial charge is 0.413 e. The van der Waals surface area contributed by atoms with E-state index in [0.717, 1.165) is 0 Å². The van der Waals surface area contributed by atoms with E-state index in [1.165, 1.54) is 0 Å². The van der Waals surface area contributed by atoms with Gasteiger partial charge in [-0.25, -0.2) is 14.4 Å². The van der Waals surface area contributed by atoms with Gasteiger partial charge in [0.2, 0.25) is 11.8 Å². The minimum absolute atomic E-state index is 0.0848. The van der Waals surface area contributed by atoms with Crippen molar-refractivity contribution in [2.45, 2.75) is 43.1 Å². The molecule has 63 heavy (non-hydrogen) atoms. The topological polar surface area (TPSA) is 299 Å². The maximum Gasteiger partial charge on any atom is 0.413 e. The number of anilines is 2. The van der Waals surface area contributed by atoms with E-state index < -0.39 is 60.2 Å². The van der Waals surface area contributed by atoms with Crippen molar-refractivity contribution in [2.24, 2.45) is 22.9 Å². The zero-order valence-corrected chi connectivity index (χ0v) is 33.7. The van der Waals surface area contributed by atoms with Gasteiger partial charge < -0.3 is 63.1 Å². The minimum atomic E-state index is -1.49. The van der Waals surface area contributed by atoms with Gasteiger partial charge in [0.25, 0.3) is 0 Å². The molecule has 2 aliphatic heterocycles. The van der Waals surface area contributed by atoms with Crippen LogP contribution in [0.5, 0.6) is 23.0 Å². The Balaban J connectivity index is 1.16. The summed E-state index contributed by atoms with van der Waals surface area (Å²) in [7, 11) is 0. The lowest BCUT2D eigenvalue weighted by molar-refractivity contribution is -0.118. The number of nitrogens with one attached hydrogen (secondary N) is 6. The van der Waals surface area contributed by atoms with Gasteiger partial charge in [-0.2, -0.15) is 0 Å². The van der Waals surface area contributed by atoms with Crippen LogP contribution in [0.1, 0.15) is 39.9 Å². The quantitative estimate of drug-likeness (QED) is 0.0504. The summed E-state index contributed by atoms with van der Waals surface area (Å²) in [5.41, 5.74) is 23.4. The van der Waals surface area contributed by atoms with Gasteiger partial charge in [-0.3, -0.25) is 20.2 Å². The summed E-state index contributed by atoms with van der Waals surface area (Å²) in [5.74, 6) is -0.781. The number of rotatable bonds is 16. The van der Waals surface area contributed by atoms with Crippen LogP contribution in [-0.2, 0) is 19.9 Å². The molecule has 0 fully saturated rings. The Morgan fingerprint density at radius 2 is 1.02 bits per heavy atom. The molecule has 2 unspecified atom stereocenters. The molecule has 5 aromatic carbocycles. The molecule has 19 heteroatoms. The molecular weight excluding hydrogens is 813 g/mol. The third-order valence-corrected chi connectivity index (χ3v) is 10.00. The van der Waals surface area contributed by atoms with Crippen LogP contribution in [-0.4, -0.2) is 67.7 Å². The third kappa shape index (κ3) is 10.4. The SMILES string of the molecule is NC(N)NCCC(NC(=O)Oc1ccccc1)C(=O)Nc1ccc2c(c1)Oc1cc(NC(=O)C(CCNC(N)N)NC(=O)Oc3ccccc3)ccc1C21OC(=O)c2ccccc21. The van der Waals surface area contributed by atoms with Crippen LogP contribution in [0.15, 0.2) is 121 Å². The highest BCUT2D eigenvalue weighted by molar-refractivity contribution is 5.99. The molecule has 2 heterocycles. The van der Waals surface area contributed by atoms with Gasteiger partial charge in [0.15, 0.2) is 5.60 Å². The largest absolute Gasteiger partial charge is 0.456 e. The minimum Gasteiger partial charge on any atom is -0.456 e. The highest BCUT2D eigenvalue weighted by atomic mass is 16.6. The Labute approximate surface area is 361 Å². The first-order chi connectivity index (χ1) is 30.4. The summed E-state index contributed by atoms with van der Waals surface area (Å²) >= 11 is 0. The molecule has 4 amide bonds. The number of carbonyl (C=O) groups is 5. The summed E-state index contributed by atoms with van der Waals surface area (Å²) in [5, 5.41) is 16.5. The average molecular weight is 859 g/mol. The van der Waals surface area contributed by atoms with E-state index in [2.05, 4.69) is 31.9 Å². The van der Waals surface area contributed by atoms with Crippen molar-refractivity contribution in [2.75, 3.05) is 23.7 Å². The van der Waals surface area contributed by atoms with Gasteiger partial charge in [-0.05, 0) is 67.4 Å². The average Bonchev–Trinajstić information content (AvgIpc) is 3.55. The summed E-state index contributed by atoms with van der Waals surface area (Å²) in [6.45, 7) is 0.343. The van der Waals surface area contributed by atoms with Crippen molar-refractivity contribution >= 4 is 41.3 Å². The van der Waals surface area contributed by atoms with Crippen molar-refractivity contribution in [1.29, 1.82) is 0 Å². The predicted octanol–water partition coefficient (Wildman–Crippen LogP) is 2.81. The monoisotopic (exact) mass is 858 g/mol. The van der Waals surface area contributed by atoms with Crippen LogP contribution in [0.3, 0.4) is 0 Å². The zero-order valence-electron chi connectivity index (χ0n) is 33.7. The lowest BCUT2D eigenvalue weighted by atomic mass is 9.77. The standard InChI is InChI=1S/C44H46N10O9/c45-40(46)49-21-19-33(53-42(58)60-27-9-3-1-4-10-27)37(55)51-25-15-17-31-35(23-25)62-36-24-26(16-18-32(36)44(31)30-14-8-7-13-29(30)39(57)63-44)52-38(56)34(20-22-50-41(47)48)54-43(59)61-28-11-5-2-6-12-28/h1-18,23-24,33-34,40-41,49-50H,19-22,45-48H2,(H,51,55)(H,52,56)(H,53,58)(H,54,59). The van der Waals surface area contributed by atoms with E-state index >= 15 is 0 Å². The number of benzene rings is 5. The highest BCUT2D eigenvalue weighted by Crippen LogP contribution is 2.56. The highest BCUT2D eigenvalue weighted by Gasteiger charge is 2.53. The summed E-state index contributed by atoms with van der Waals surface area (Å²) in [4.78, 5) is 66.8. The number of ether oxygens (including phenoxy) is 4. The fraction of sp³-hybridized carbons (Fsp3) is 0.205. The number of carbonyl (C=O) groups excluding carboxylic acids is 5. The second kappa shape index (κ2) is 19.5. The summed E-state index contributed by atoms with van der Waals surface area (Å²) < 4.78 is 23.5. The molecule has 0 saturated carbocycles. The van der Waals surface area contributed by atoms with Gasteiger partial charge in [0, 0.05) is 53.3 Å². The lowest BCUT2D eigenvalue weighted by Crippen LogP contribution is -2.50. The third-order valence-electron chi connectivity index (χ3n) is 10.00. The maximum absolute atomic E-state index is 13.8. The number of hydrogen-bond donors (Lipinski definition) is 10. The molecule has 2 atom stereocenters. The van der Waals surface area contributed by atoms with E-state index in [9.17, 15) is 24.0 Å². The zero-order chi connectivity index (χ0) is 44.5. The first-order valence-corrected chi connectivity index (χ1v) is 19.9. The van der Waals surface area contributed by atoms with Gasteiger partial charge in [-0.1, -0.05) is 54.6 Å². The molecule has 0 radical (unpaired) electrons. The molecule has 5 aromatic rings. The van der Waals surface area contributed by atoms with Gasteiger partial charge in [0.05, 0.1) is 5.56 Å². The van der Waals surface area contributed by atoms with E-state index in [1.807, 2.05) is 0 Å². The molecule has 326 valence electrons. The molecular formula is C44H46N10O9. The van der Waals surface area contributed by atoms with Gasteiger partial charge >= 0.3 is 18.2 Å². The Bertz CT molecular complexity index is 2330. The van der Waals surface area contributed by atoms with Crippen LogP contribution >= 0.6 is 0 Å². The van der Waals surface area contributed by atoms with Crippen molar-refractivity contribution in [1.82, 2.24) is 21.3 Å². The van der Waals surface area contributed by atoms with E-state index in [1.54, 1.807) is 121 Å². The van der Waals surface area contributed by atoms with Crippen molar-refractivity contribution in [3.8, 4) is 23.0 Å².